The molecule has 4 rings (SSSR count). The summed E-state index contributed by atoms with van der Waals surface area (Å²) in [5, 5.41) is 18.0. The number of aromatic nitrogens is 4. The molecular weight excluding hydrogens is 579 g/mol. The second kappa shape index (κ2) is 9.00. The summed E-state index contributed by atoms with van der Waals surface area (Å²) in [6.45, 7) is 0.590. The number of hydrogen-bond donors (Lipinski definition) is 0. The molecule has 0 saturated heterocycles. The van der Waals surface area contributed by atoms with Gasteiger partial charge >= 0.3 is 6.18 Å². The summed E-state index contributed by atoms with van der Waals surface area (Å²) in [5.41, 5.74) is 0.845. The molecule has 13 heteroatoms. The molecule has 0 radical (unpaired) electrons. The smallest absolute Gasteiger partial charge is 0.364 e. The Morgan fingerprint density at radius 1 is 1.31 bits per heavy atom. The maximum atomic E-state index is 13.4. The Balaban J connectivity index is 1.69. The molecule has 3 aromatic rings. The van der Waals surface area contributed by atoms with E-state index in [0.717, 1.165) is 6.07 Å². The summed E-state index contributed by atoms with van der Waals surface area (Å²) in [7, 11) is 0. The fourth-order valence-corrected chi connectivity index (χ4v) is 5.36. The Bertz CT molecular complexity index is 1290. The predicted molar refractivity (Wildman–Crippen MR) is 123 cm³/mol. The Labute approximate surface area is 200 Å². The average Bonchev–Trinajstić information content (AvgIpc) is 3.12. The molecule has 1 atom stereocenters. The van der Waals surface area contributed by atoms with Gasteiger partial charge < -0.3 is 4.90 Å². The van der Waals surface area contributed by atoms with Gasteiger partial charge in [-0.15, -0.1) is 0 Å². The third-order valence-electron chi connectivity index (χ3n) is 5.20. The van der Waals surface area contributed by atoms with Gasteiger partial charge in [-0.3, -0.25) is 9.48 Å². The van der Waals surface area contributed by atoms with Crippen molar-refractivity contribution in [2.75, 3.05) is 11.4 Å². The van der Waals surface area contributed by atoms with Crippen molar-refractivity contribution in [3.05, 3.63) is 73.9 Å². The third kappa shape index (κ3) is 4.23. The van der Waals surface area contributed by atoms with E-state index in [4.69, 9.17) is 11.6 Å². The van der Waals surface area contributed by atoms with Crippen LogP contribution in [0, 0.1) is 11.3 Å². The van der Waals surface area contributed by atoms with Gasteiger partial charge in [0.05, 0.1) is 30.4 Å². The molecule has 0 aliphatic carbocycles. The zero-order valence-corrected chi connectivity index (χ0v) is 20.1. The first-order valence-corrected chi connectivity index (χ1v) is 13.7. The van der Waals surface area contributed by atoms with Crippen molar-refractivity contribution in [1.82, 2.24) is 19.3 Å². The fraction of sp³-hybridized carbons (Fsp3) is 0.263. The standard InChI is InChI=1S/C19H14ClF3IN6OP/c20-17-16(8-26-30(32-24)18(17)31)28-6-5-15-12(10-28)14(7-25)27-29(15)9-11-3-1-2-4-13(11)19(21,22)23/h1-4,8,32H,5-6,9-10H2. The Morgan fingerprint density at radius 2 is 2.06 bits per heavy atom. The Kier molecular flexibility index (Phi) is 6.47. The van der Waals surface area contributed by atoms with E-state index in [-0.39, 0.29) is 35.7 Å². The van der Waals surface area contributed by atoms with E-state index >= 15 is 0 Å². The van der Waals surface area contributed by atoms with Gasteiger partial charge in [-0.2, -0.15) is 28.6 Å². The summed E-state index contributed by atoms with van der Waals surface area (Å²) in [5.74, 6) is 0. The molecule has 0 amide bonds. The van der Waals surface area contributed by atoms with E-state index < -0.39 is 17.3 Å². The Hall–Kier alpha value is -2.16. The van der Waals surface area contributed by atoms with Crippen LogP contribution in [0.1, 0.15) is 28.1 Å². The second-order valence-electron chi connectivity index (χ2n) is 7.02. The normalized spacial score (nSPS) is 14.1. The minimum Gasteiger partial charge on any atom is -0.364 e. The van der Waals surface area contributed by atoms with Crippen molar-refractivity contribution >= 4 is 45.7 Å². The van der Waals surface area contributed by atoms with E-state index in [1.54, 1.807) is 6.07 Å². The number of rotatable bonds is 4. The molecule has 3 heterocycles. The molecule has 1 aromatic carbocycles. The first-order chi connectivity index (χ1) is 15.2. The van der Waals surface area contributed by atoms with Gasteiger partial charge in [-0.25, -0.2) is 4.45 Å². The molecule has 1 unspecified atom stereocenters. The van der Waals surface area contributed by atoms with Crippen LogP contribution < -0.4 is 10.5 Å². The summed E-state index contributed by atoms with van der Waals surface area (Å²) in [6.07, 6.45) is -2.45. The van der Waals surface area contributed by atoms with Gasteiger partial charge in [0.1, 0.15) is 11.1 Å². The van der Waals surface area contributed by atoms with Crippen LogP contribution in [-0.2, 0) is 25.7 Å². The quantitative estimate of drug-likeness (QED) is 0.332. The van der Waals surface area contributed by atoms with Crippen LogP contribution in [0.25, 0.3) is 0 Å². The van der Waals surface area contributed by atoms with Gasteiger partial charge in [-0.05, 0) is 33.7 Å². The van der Waals surface area contributed by atoms with Crippen molar-refractivity contribution in [3.63, 3.8) is 0 Å². The molecule has 7 nitrogen and oxygen atoms in total. The minimum absolute atomic E-state index is 0.0395. The summed E-state index contributed by atoms with van der Waals surface area (Å²) in [4.78, 5) is 14.2. The topological polar surface area (TPSA) is 79.7 Å². The number of fused-ring (bicyclic) bond motifs is 1. The number of benzene rings is 1. The van der Waals surface area contributed by atoms with E-state index in [9.17, 15) is 23.2 Å². The largest absolute Gasteiger partial charge is 0.416 e. The minimum atomic E-state index is -4.48. The van der Waals surface area contributed by atoms with Gasteiger partial charge in [0.2, 0.25) is 0 Å². The second-order valence-corrected chi connectivity index (χ2v) is 9.43. The Morgan fingerprint density at radius 3 is 2.75 bits per heavy atom. The number of halogens is 5. The van der Waals surface area contributed by atoms with Crippen molar-refractivity contribution < 1.29 is 13.2 Å². The van der Waals surface area contributed by atoms with Crippen LogP contribution in [-0.4, -0.2) is 25.9 Å². The highest BCUT2D eigenvalue weighted by Crippen LogP contribution is 2.34. The molecule has 0 saturated carbocycles. The number of anilines is 1. The van der Waals surface area contributed by atoms with E-state index in [0.29, 0.717) is 29.9 Å². The van der Waals surface area contributed by atoms with Crippen molar-refractivity contribution in [2.24, 2.45) is 0 Å². The lowest BCUT2D eigenvalue weighted by Gasteiger charge is -2.29. The lowest BCUT2D eigenvalue weighted by molar-refractivity contribution is -0.138. The van der Waals surface area contributed by atoms with Crippen molar-refractivity contribution in [2.45, 2.75) is 25.7 Å². The lowest BCUT2D eigenvalue weighted by Crippen LogP contribution is -2.33. The summed E-state index contributed by atoms with van der Waals surface area (Å²) < 4.78 is 42.9. The van der Waals surface area contributed by atoms with E-state index in [1.807, 2.05) is 33.0 Å². The third-order valence-corrected chi connectivity index (χ3v) is 7.41. The average molecular weight is 593 g/mol. The summed E-state index contributed by atoms with van der Waals surface area (Å²) >= 11 is 8.31. The van der Waals surface area contributed by atoms with Crippen LogP contribution in [0.3, 0.4) is 0 Å². The molecule has 0 bridgehead atoms. The molecule has 0 spiro atoms. The van der Waals surface area contributed by atoms with Crippen LogP contribution in [0.2, 0.25) is 5.02 Å². The summed E-state index contributed by atoms with van der Waals surface area (Å²) in [6, 6.07) is 7.35. The molecule has 2 aromatic heterocycles. The van der Waals surface area contributed by atoms with Crippen molar-refractivity contribution in [3.8, 4) is 6.07 Å². The van der Waals surface area contributed by atoms with Gasteiger partial charge in [0.15, 0.2) is 5.69 Å². The maximum absolute atomic E-state index is 13.4. The highest BCUT2D eigenvalue weighted by molar-refractivity contribution is 14.2. The molecule has 0 N–H and O–H groups in total. The van der Waals surface area contributed by atoms with Crippen LogP contribution in [0.5, 0.6) is 0 Å². The number of nitriles is 1. The highest BCUT2D eigenvalue weighted by Gasteiger charge is 2.34. The number of nitrogens with zero attached hydrogens (tertiary/aromatic N) is 6. The lowest BCUT2D eigenvalue weighted by atomic mass is 10.0. The fourth-order valence-electron chi connectivity index (χ4n) is 3.72. The number of alkyl halides is 3. The highest BCUT2D eigenvalue weighted by atomic mass is 127. The van der Waals surface area contributed by atoms with Crippen LogP contribution in [0.15, 0.2) is 35.3 Å². The number of hydrogen-bond acceptors (Lipinski definition) is 5. The molecule has 0 fully saturated rings. The zero-order chi connectivity index (χ0) is 23.0. The molecular formula is C19H14ClF3IN6OP. The molecule has 166 valence electrons. The monoisotopic (exact) mass is 592 g/mol. The first-order valence-electron chi connectivity index (χ1n) is 9.27. The maximum Gasteiger partial charge on any atom is 0.416 e. The zero-order valence-electron chi connectivity index (χ0n) is 16.2. The van der Waals surface area contributed by atoms with Gasteiger partial charge in [0, 0.05) is 30.8 Å². The van der Waals surface area contributed by atoms with E-state index in [2.05, 4.69) is 10.2 Å². The molecule has 32 heavy (non-hydrogen) atoms. The SMILES string of the molecule is N#Cc1nn(Cc2ccccc2C(F)(F)F)c2c1CN(c1cnn(PI)c(=O)c1Cl)CC2. The van der Waals surface area contributed by atoms with Gasteiger partial charge in [-0.1, -0.05) is 29.8 Å². The van der Waals surface area contributed by atoms with Crippen LogP contribution >= 0.6 is 40.0 Å². The first kappa shape index (κ1) is 23.0. The van der Waals surface area contributed by atoms with Crippen molar-refractivity contribution in [1.29, 1.82) is 5.26 Å². The molecule has 1 aliphatic rings. The predicted octanol–water partition coefficient (Wildman–Crippen LogP) is 4.39. The van der Waals surface area contributed by atoms with Crippen LogP contribution in [0.4, 0.5) is 18.9 Å². The molecule has 1 aliphatic heterocycles. The van der Waals surface area contributed by atoms with E-state index in [1.165, 1.54) is 27.5 Å². The van der Waals surface area contributed by atoms with Gasteiger partial charge in [0.25, 0.3) is 5.56 Å².